The third-order valence-corrected chi connectivity index (χ3v) is 4.78. The first-order chi connectivity index (χ1) is 10.4. The molecule has 1 atom stereocenters. The van der Waals surface area contributed by atoms with Gasteiger partial charge in [0.2, 0.25) is 0 Å². The van der Waals surface area contributed by atoms with Gasteiger partial charge in [0.05, 0.1) is 13.2 Å². The molecular weight excluding hydrogens is 260 g/mol. The molecule has 21 heavy (non-hydrogen) atoms. The van der Waals surface area contributed by atoms with E-state index < -0.39 is 0 Å². The molecule has 2 heterocycles. The fourth-order valence-electron chi connectivity index (χ4n) is 3.47. The number of H-pyrrole nitrogens is 1. The van der Waals surface area contributed by atoms with Gasteiger partial charge in [0, 0.05) is 31.3 Å². The van der Waals surface area contributed by atoms with Crippen LogP contribution in [0.3, 0.4) is 0 Å². The molecule has 2 aliphatic rings. The molecule has 1 saturated heterocycles. The molecule has 2 aromatic rings. The SMILES string of the molecule is c1cc2cc(CC3COCCN(CC4CC4)C3)ccc2[nH]1. The number of nitrogens with one attached hydrogen (secondary N) is 1. The molecule has 112 valence electrons. The van der Waals surface area contributed by atoms with Gasteiger partial charge in [-0.3, -0.25) is 0 Å². The summed E-state index contributed by atoms with van der Waals surface area (Å²) in [6, 6.07) is 8.93. The zero-order valence-electron chi connectivity index (χ0n) is 12.6. The molecule has 1 aliphatic heterocycles. The van der Waals surface area contributed by atoms with E-state index in [9.17, 15) is 0 Å². The van der Waals surface area contributed by atoms with E-state index >= 15 is 0 Å². The molecule has 4 rings (SSSR count). The van der Waals surface area contributed by atoms with Crippen LogP contribution in [0, 0.1) is 11.8 Å². The Balaban J connectivity index is 1.43. The number of nitrogens with zero attached hydrogens (tertiary/aromatic N) is 1. The van der Waals surface area contributed by atoms with Gasteiger partial charge < -0.3 is 14.6 Å². The van der Waals surface area contributed by atoms with Gasteiger partial charge in [0.1, 0.15) is 0 Å². The molecule has 3 heteroatoms. The molecule has 1 saturated carbocycles. The Morgan fingerprint density at radius 2 is 2.14 bits per heavy atom. The highest BCUT2D eigenvalue weighted by Crippen LogP contribution is 2.30. The van der Waals surface area contributed by atoms with Gasteiger partial charge >= 0.3 is 0 Å². The van der Waals surface area contributed by atoms with E-state index in [4.69, 9.17) is 4.74 Å². The predicted octanol–water partition coefficient (Wildman–Crippen LogP) is 3.07. The fourth-order valence-corrected chi connectivity index (χ4v) is 3.47. The van der Waals surface area contributed by atoms with Crippen molar-refractivity contribution in [3.63, 3.8) is 0 Å². The second-order valence-electron chi connectivity index (χ2n) is 6.75. The van der Waals surface area contributed by atoms with Crippen molar-refractivity contribution >= 4 is 10.9 Å². The lowest BCUT2D eigenvalue weighted by atomic mass is 9.98. The molecule has 0 amide bonds. The van der Waals surface area contributed by atoms with Crippen LogP contribution in [0.2, 0.25) is 0 Å². The number of ether oxygens (including phenoxy) is 1. The van der Waals surface area contributed by atoms with E-state index in [1.54, 1.807) is 0 Å². The number of hydrogen-bond donors (Lipinski definition) is 1. The summed E-state index contributed by atoms with van der Waals surface area (Å²) in [7, 11) is 0. The van der Waals surface area contributed by atoms with Crippen LogP contribution in [0.15, 0.2) is 30.5 Å². The van der Waals surface area contributed by atoms with Crippen molar-refractivity contribution in [2.24, 2.45) is 11.8 Å². The molecule has 0 bridgehead atoms. The third kappa shape index (κ3) is 3.30. The van der Waals surface area contributed by atoms with Crippen molar-refractivity contribution in [2.75, 3.05) is 32.8 Å². The van der Waals surface area contributed by atoms with Crippen LogP contribution in [-0.2, 0) is 11.2 Å². The zero-order valence-corrected chi connectivity index (χ0v) is 12.6. The zero-order chi connectivity index (χ0) is 14.1. The third-order valence-electron chi connectivity index (χ3n) is 4.78. The average Bonchev–Trinajstić information content (AvgIpc) is 3.22. The first kappa shape index (κ1) is 13.4. The highest BCUT2D eigenvalue weighted by atomic mass is 16.5. The lowest BCUT2D eigenvalue weighted by molar-refractivity contribution is 0.122. The molecule has 1 N–H and O–H groups in total. The van der Waals surface area contributed by atoms with Crippen LogP contribution in [0.1, 0.15) is 18.4 Å². The fraction of sp³-hybridized carbons (Fsp3) is 0.556. The van der Waals surface area contributed by atoms with Gasteiger partial charge in [-0.1, -0.05) is 6.07 Å². The van der Waals surface area contributed by atoms with E-state index in [-0.39, 0.29) is 0 Å². The topological polar surface area (TPSA) is 28.3 Å². The Hall–Kier alpha value is -1.32. The number of benzene rings is 1. The van der Waals surface area contributed by atoms with Crippen LogP contribution in [0.5, 0.6) is 0 Å². The standard InChI is InChI=1S/C18H24N2O/c1-2-14(1)11-20-7-8-21-13-16(12-20)9-15-3-4-18-17(10-15)5-6-19-18/h3-6,10,14,16,19H,1-2,7-9,11-13H2. The summed E-state index contributed by atoms with van der Waals surface area (Å²) < 4.78 is 5.84. The Morgan fingerprint density at radius 3 is 3.05 bits per heavy atom. The number of rotatable bonds is 4. The van der Waals surface area contributed by atoms with Crippen LogP contribution in [0.25, 0.3) is 10.9 Å². The van der Waals surface area contributed by atoms with E-state index in [1.165, 1.54) is 42.4 Å². The van der Waals surface area contributed by atoms with Crippen molar-refractivity contribution in [3.05, 3.63) is 36.0 Å². The summed E-state index contributed by atoms with van der Waals surface area (Å²) in [6.45, 7) is 5.41. The van der Waals surface area contributed by atoms with Crippen molar-refractivity contribution in [1.82, 2.24) is 9.88 Å². The number of hydrogen-bond acceptors (Lipinski definition) is 2. The Kier molecular flexibility index (Phi) is 3.70. The largest absolute Gasteiger partial charge is 0.380 e. The van der Waals surface area contributed by atoms with Crippen LogP contribution < -0.4 is 0 Å². The number of aromatic amines is 1. The molecule has 0 spiro atoms. The monoisotopic (exact) mass is 284 g/mol. The minimum atomic E-state index is 0.627. The average molecular weight is 284 g/mol. The van der Waals surface area contributed by atoms with Crippen LogP contribution in [0.4, 0.5) is 0 Å². The van der Waals surface area contributed by atoms with Crippen molar-refractivity contribution in [1.29, 1.82) is 0 Å². The molecule has 1 aliphatic carbocycles. The maximum atomic E-state index is 5.84. The molecule has 3 nitrogen and oxygen atoms in total. The molecule has 0 radical (unpaired) electrons. The smallest absolute Gasteiger partial charge is 0.0593 e. The summed E-state index contributed by atoms with van der Waals surface area (Å²) in [5.41, 5.74) is 2.66. The summed E-state index contributed by atoms with van der Waals surface area (Å²) >= 11 is 0. The first-order valence-corrected chi connectivity index (χ1v) is 8.23. The second-order valence-corrected chi connectivity index (χ2v) is 6.75. The van der Waals surface area contributed by atoms with Gasteiger partial charge in [-0.25, -0.2) is 0 Å². The van der Waals surface area contributed by atoms with E-state index in [0.717, 1.165) is 32.1 Å². The Morgan fingerprint density at radius 1 is 1.19 bits per heavy atom. The Bertz CT molecular complexity index is 602. The van der Waals surface area contributed by atoms with E-state index in [0.29, 0.717) is 5.92 Å². The molecule has 2 fully saturated rings. The predicted molar refractivity (Wildman–Crippen MR) is 85.5 cm³/mol. The molecular formula is C18H24N2O. The quantitative estimate of drug-likeness (QED) is 0.934. The van der Waals surface area contributed by atoms with Gasteiger partial charge in [0.15, 0.2) is 0 Å². The van der Waals surface area contributed by atoms with Crippen molar-refractivity contribution in [3.8, 4) is 0 Å². The van der Waals surface area contributed by atoms with Crippen LogP contribution >= 0.6 is 0 Å². The number of fused-ring (bicyclic) bond motifs is 1. The normalized spacial score (nSPS) is 24.3. The first-order valence-electron chi connectivity index (χ1n) is 8.23. The van der Waals surface area contributed by atoms with Crippen molar-refractivity contribution in [2.45, 2.75) is 19.3 Å². The van der Waals surface area contributed by atoms with Crippen molar-refractivity contribution < 1.29 is 4.74 Å². The molecule has 1 unspecified atom stereocenters. The summed E-state index contributed by atoms with van der Waals surface area (Å²) in [6.07, 6.45) is 6.02. The summed E-state index contributed by atoms with van der Waals surface area (Å²) in [5, 5.41) is 1.32. The molecule has 1 aromatic carbocycles. The van der Waals surface area contributed by atoms with E-state index in [1.807, 2.05) is 6.20 Å². The minimum Gasteiger partial charge on any atom is -0.380 e. The summed E-state index contributed by atoms with van der Waals surface area (Å²) in [5.74, 6) is 1.60. The van der Waals surface area contributed by atoms with E-state index in [2.05, 4.69) is 34.1 Å². The van der Waals surface area contributed by atoms with Gasteiger partial charge in [-0.05, 0) is 60.2 Å². The second kappa shape index (κ2) is 5.82. The lowest BCUT2D eigenvalue weighted by Crippen LogP contribution is -2.32. The Labute approximate surface area is 126 Å². The summed E-state index contributed by atoms with van der Waals surface area (Å²) in [4.78, 5) is 5.89. The van der Waals surface area contributed by atoms with Crippen LogP contribution in [-0.4, -0.2) is 42.7 Å². The lowest BCUT2D eigenvalue weighted by Gasteiger charge is -2.23. The van der Waals surface area contributed by atoms with Gasteiger partial charge in [-0.15, -0.1) is 0 Å². The maximum Gasteiger partial charge on any atom is 0.0593 e. The maximum absolute atomic E-state index is 5.84. The highest BCUT2D eigenvalue weighted by molar-refractivity contribution is 5.79. The van der Waals surface area contributed by atoms with Gasteiger partial charge in [0.25, 0.3) is 0 Å². The highest BCUT2D eigenvalue weighted by Gasteiger charge is 2.27. The number of aromatic nitrogens is 1. The minimum absolute atomic E-state index is 0.627. The molecule has 1 aromatic heterocycles. The van der Waals surface area contributed by atoms with Gasteiger partial charge in [-0.2, -0.15) is 0 Å².